The molecule has 10 nitrogen and oxygen atoms in total. The van der Waals surface area contributed by atoms with Gasteiger partial charge in [0.2, 0.25) is 10.0 Å². The molecule has 31 heavy (non-hydrogen) atoms. The number of nitro groups is 1. The minimum atomic E-state index is -3.65. The van der Waals surface area contributed by atoms with Crippen LogP contribution < -0.4 is 0 Å². The summed E-state index contributed by atoms with van der Waals surface area (Å²) in [4.78, 5) is 37.0. The molecule has 1 atom stereocenters. The maximum Gasteiger partial charge on any atom is 0.345 e. The van der Waals surface area contributed by atoms with Gasteiger partial charge in [-0.05, 0) is 25.1 Å². The van der Waals surface area contributed by atoms with Crippen molar-refractivity contribution in [3.05, 3.63) is 70.3 Å². The number of nitro benzene ring substituents is 1. The van der Waals surface area contributed by atoms with Crippen LogP contribution in [0.3, 0.4) is 0 Å². The van der Waals surface area contributed by atoms with E-state index in [1.807, 2.05) is 0 Å². The first-order valence-corrected chi connectivity index (χ1v) is 10.9. The molecule has 164 valence electrons. The average Bonchev–Trinajstić information content (AvgIpc) is 2.79. The molecular formula is C20H21N3O7S. The number of nitrogens with zero attached hydrogens (tertiary/aromatic N) is 3. The Hall–Kier alpha value is -3.31. The van der Waals surface area contributed by atoms with E-state index in [0.29, 0.717) is 0 Å². The van der Waals surface area contributed by atoms with E-state index in [1.54, 1.807) is 18.2 Å². The van der Waals surface area contributed by atoms with Crippen LogP contribution >= 0.6 is 0 Å². The lowest BCUT2D eigenvalue weighted by Gasteiger charge is -2.35. The highest BCUT2D eigenvalue weighted by molar-refractivity contribution is 7.89. The summed E-state index contributed by atoms with van der Waals surface area (Å²) in [5.74, 6) is -1.47. The Morgan fingerprint density at radius 3 is 2.19 bits per heavy atom. The summed E-state index contributed by atoms with van der Waals surface area (Å²) >= 11 is 0. The maximum atomic E-state index is 12.7. The van der Waals surface area contributed by atoms with Gasteiger partial charge in [-0.3, -0.25) is 14.9 Å². The normalized spacial score (nSPS) is 15.8. The highest BCUT2D eigenvalue weighted by Gasteiger charge is 2.33. The fourth-order valence-corrected chi connectivity index (χ4v) is 4.67. The standard InChI is InChI=1S/C20H21N3O7S/c1-15(30-20(25)17-9-5-6-10-18(17)23(26)27)19(24)21-11-13-22(14-12-21)31(28,29)16-7-3-2-4-8-16/h2-10,15H,11-14H2,1H3. The molecule has 11 heteroatoms. The monoisotopic (exact) mass is 447 g/mol. The summed E-state index contributed by atoms with van der Waals surface area (Å²) in [7, 11) is -3.65. The molecule has 2 aromatic rings. The number of carbonyl (C=O) groups excluding carboxylic acids is 2. The van der Waals surface area contributed by atoms with Crippen molar-refractivity contribution in [3.8, 4) is 0 Å². The Kier molecular flexibility index (Phi) is 6.66. The molecular weight excluding hydrogens is 426 g/mol. The molecule has 1 amide bonds. The van der Waals surface area contributed by atoms with E-state index in [-0.39, 0.29) is 36.6 Å². The summed E-state index contributed by atoms with van der Waals surface area (Å²) in [5.41, 5.74) is -0.655. The van der Waals surface area contributed by atoms with Crippen molar-refractivity contribution in [3.63, 3.8) is 0 Å². The third-order valence-corrected chi connectivity index (χ3v) is 6.80. The van der Waals surface area contributed by atoms with Crippen LogP contribution in [0.5, 0.6) is 0 Å². The number of benzene rings is 2. The van der Waals surface area contributed by atoms with Crippen molar-refractivity contribution < 1.29 is 27.7 Å². The van der Waals surface area contributed by atoms with Crippen LogP contribution in [0.15, 0.2) is 59.5 Å². The predicted molar refractivity (Wildman–Crippen MR) is 110 cm³/mol. The molecule has 2 aromatic carbocycles. The lowest BCUT2D eigenvalue weighted by Crippen LogP contribution is -2.52. The van der Waals surface area contributed by atoms with Crippen LogP contribution in [0.4, 0.5) is 5.69 Å². The van der Waals surface area contributed by atoms with Gasteiger partial charge in [0.05, 0.1) is 9.82 Å². The zero-order valence-corrected chi connectivity index (χ0v) is 17.5. The molecule has 0 aromatic heterocycles. The number of sulfonamides is 1. The highest BCUT2D eigenvalue weighted by Crippen LogP contribution is 2.20. The molecule has 0 bridgehead atoms. The second-order valence-electron chi connectivity index (χ2n) is 6.86. The first-order valence-electron chi connectivity index (χ1n) is 9.50. The molecule has 1 saturated heterocycles. The topological polar surface area (TPSA) is 127 Å². The predicted octanol–water partition coefficient (Wildman–Crippen LogP) is 1.67. The van der Waals surface area contributed by atoms with Gasteiger partial charge >= 0.3 is 5.97 Å². The summed E-state index contributed by atoms with van der Waals surface area (Å²) in [5, 5.41) is 11.1. The summed E-state index contributed by atoms with van der Waals surface area (Å²) < 4.78 is 31.8. The van der Waals surface area contributed by atoms with Crippen LogP contribution in [0.25, 0.3) is 0 Å². The molecule has 0 radical (unpaired) electrons. The molecule has 1 heterocycles. The van der Waals surface area contributed by atoms with Gasteiger partial charge in [0.1, 0.15) is 5.56 Å². The minimum Gasteiger partial charge on any atom is -0.449 e. The van der Waals surface area contributed by atoms with Gasteiger partial charge in [-0.2, -0.15) is 4.31 Å². The van der Waals surface area contributed by atoms with Crippen LogP contribution in [-0.4, -0.2) is 66.7 Å². The fraction of sp³-hybridized carbons (Fsp3) is 0.300. The average molecular weight is 447 g/mol. The maximum absolute atomic E-state index is 12.7. The number of rotatable bonds is 6. The zero-order valence-electron chi connectivity index (χ0n) is 16.7. The van der Waals surface area contributed by atoms with Gasteiger partial charge in [-0.15, -0.1) is 0 Å². The van der Waals surface area contributed by atoms with E-state index in [1.165, 1.54) is 52.5 Å². The molecule has 1 unspecified atom stereocenters. The van der Waals surface area contributed by atoms with Crippen LogP contribution in [0.2, 0.25) is 0 Å². The Morgan fingerprint density at radius 1 is 1.00 bits per heavy atom. The van der Waals surface area contributed by atoms with Gasteiger partial charge in [-0.1, -0.05) is 30.3 Å². The van der Waals surface area contributed by atoms with Crippen molar-refractivity contribution in [1.29, 1.82) is 0 Å². The van der Waals surface area contributed by atoms with Crippen molar-refractivity contribution in [2.24, 2.45) is 0 Å². The molecule has 0 N–H and O–H groups in total. The Morgan fingerprint density at radius 2 is 1.58 bits per heavy atom. The van der Waals surface area contributed by atoms with Gasteiger partial charge in [0.15, 0.2) is 6.10 Å². The van der Waals surface area contributed by atoms with Crippen molar-refractivity contribution >= 4 is 27.6 Å². The first kappa shape index (κ1) is 22.4. The SMILES string of the molecule is CC(OC(=O)c1ccccc1[N+](=O)[O-])C(=O)N1CCN(S(=O)(=O)c2ccccc2)CC1. The number of amides is 1. The third-order valence-electron chi connectivity index (χ3n) is 4.88. The minimum absolute atomic E-state index is 0.105. The van der Waals surface area contributed by atoms with Crippen LogP contribution in [0.1, 0.15) is 17.3 Å². The van der Waals surface area contributed by atoms with Gasteiger partial charge in [-0.25, -0.2) is 13.2 Å². The summed E-state index contributed by atoms with van der Waals surface area (Å²) in [6.45, 7) is 1.86. The Labute approximate surface area is 179 Å². The molecule has 1 fully saturated rings. The Bertz CT molecular complexity index is 1080. The smallest absolute Gasteiger partial charge is 0.345 e. The van der Waals surface area contributed by atoms with E-state index in [2.05, 4.69) is 0 Å². The fourth-order valence-electron chi connectivity index (χ4n) is 3.23. The first-order chi connectivity index (χ1) is 14.7. The van der Waals surface area contributed by atoms with Crippen molar-refractivity contribution in [2.75, 3.05) is 26.2 Å². The van der Waals surface area contributed by atoms with E-state index < -0.39 is 38.6 Å². The number of hydrogen-bond acceptors (Lipinski definition) is 7. The van der Waals surface area contributed by atoms with E-state index in [0.717, 1.165) is 0 Å². The van der Waals surface area contributed by atoms with Crippen LogP contribution in [-0.2, 0) is 19.6 Å². The number of para-hydroxylation sites is 1. The van der Waals surface area contributed by atoms with Crippen molar-refractivity contribution in [2.45, 2.75) is 17.9 Å². The molecule has 0 aliphatic carbocycles. The largest absolute Gasteiger partial charge is 0.449 e. The summed E-state index contributed by atoms with van der Waals surface area (Å²) in [6, 6.07) is 13.3. The third kappa shape index (κ3) is 4.89. The lowest BCUT2D eigenvalue weighted by atomic mass is 10.2. The molecule has 0 saturated carbocycles. The number of piperazine rings is 1. The van der Waals surface area contributed by atoms with Gasteiger partial charge < -0.3 is 9.64 Å². The zero-order chi connectivity index (χ0) is 22.6. The number of carbonyl (C=O) groups is 2. The quantitative estimate of drug-likeness (QED) is 0.374. The van der Waals surface area contributed by atoms with E-state index in [9.17, 15) is 28.1 Å². The molecule has 1 aliphatic heterocycles. The second-order valence-corrected chi connectivity index (χ2v) is 8.80. The van der Waals surface area contributed by atoms with E-state index >= 15 is 0 Å². The van der Waals surface area contributed by atoms with Crippen LogP contribution in [0, 0.1) is 10.1 Å². The molecule has 3 rings (SSSR count). The second kappa shape index (κ2) is 9.23. The van der Waals surface area contributed by atoms with E-state index in [4.69, 9.17) is 4.74 Å². The molecule has 0 spiro atoms. The number of esters is 1. The number of ether oxygens (including phenoxy) is 1. The van der Waals surface area contributed by atoms with Gasteiger partial charge in [0.25, 0.3) is 11.6 Å². The number of hydrogen-bond donors (Lipinski definition) is 0. The lowest BCUT2D eigenvalue weighted by molar-refractivity contribution is -0.385. The Balaban J connectivity index is 1.61. The summed E-state index contributed by atoms with van der Waals surface area (Å²) in [6.07, 6.45) is -1.18. The molecule has 1 aliphatic rings. The van der Waals surface area contributed by atoms with Crippen molar-refractivity contribution in [1.82, 2.24) is 9.21 Å². The van der Waals surface area contributed by atoms with Gasteiger partial charge in [0, 0.05) is 32.2 Å². The highest BCUT2D eigenvalue weighted by atomic mass is 32.2.